The number of para-hydroxylation sites is 1. The van der Waals surface area contributed by atoms with Gasteiger partial charge in [-0.2, -0.15) is 18.3 Å². The van der Waals surface area contributed by atoms with Crippen molar-refractivity contribution in [1.82, 2.24) is 9.78 Å². The zero-order valence-electron chi connectivity index (χ0n) is 19.6. The lowest BCUT2D eigenvalue weighted by atomic mass is 10.00. The van der Waals surface area contributed by atoms with Crippen molar-refractivity contribution >= 4 is 21.4 Å². The van der Waals surface area contributed by atoms with E-state index in [1.165, 1.54) is 6.07 Å². The first-order valence-corrected chi connectivity index (χ1v) is 13.1. The van der Waals surface area contributed by atoms with Crippen LogP contribution in [0.5, 0.6) is 5.75 Å². The maximum atomic E-state index is 13.4. The van der Waals surface area contributed by atoms with E-state index in [-0.39, 0.29) is 22.2 Å². The monoisotopic (exact) mass is 534 g/mol. The number of halogens is 4. The smallest absolute Gasteiger partial charge is 0.435 e. The molecule has 0 spiro atoms. The van der Waals surface area contributed by atoms with Crippen molar-refractivity contribution < 1.29 is 26.3 Å². The summed E-state index contributed by atoms with van der Waals surface area (Å²) in [6.07, 6.45) is -3.48. The minimum atomic E-state index is -4.63. The summed E-state index contributed by atoms with van der Waals surface area (Å²) in [7, 11) is -3.36. The first-order chi connectivity index (χ1) is 16.8. The van der Waals surface area contributed by atoms with Crippen LogP contribution in [0.4, 0.5) is 13.2 Å². The van der Waals surface area contributed by atoms with Gasteiger partial charge in [0.25, 0.3) is 0 Å². The number of nitrogens with zero attached hydrogens (tertiary/aromatic N) is 2. The van der Waals surface area contributed by atoms with Crippen molar-refractivity contribution in [3.63, 3.8) is 0 Å². The van der Waals surface area contributed by atoms with Gasteiger partial charge in [0.05, 0.1) is 21.3 Å². The molecule has 3 aromatic carbocycles. The zero-order valence-corrected chi connectivity index (χ0v) is 21.2. The molecule has 0 amide bonds. The number of rotatable bonds is 6. The number of hydrogen-bond acceptors (Lipinski definition) is 4. The number of sulfone groups is 1. The Morgan fingerprint density at radius 2 is 1.61 bits per heavy atom. The fraction of sp³-hybridized carbons (Fsp3) is 0.192. The number of hydrogen-bond donors (Lipinski definition) is 0. The molecule has 0 saturated carbocycles. The van der Waals surface area contributed by atoms with E-state index in [1.807, 2.05) is 32.0 Å². The second kappa shape index (κ2) is 9.63. The van der Waals surface area contributed by atoms with E-state index in [0.717, 1.165) is 39.3 Å². The van der Waals surface area contributed by atoms with E-state index >= 15 is 0 Å². The first-order valence-electron chi connectivity index (χ1n) is 10.8. The van der Waals surface area contributed by atoms with Crippen LogP contribution in [0.1, 0.15) is 22.5 Å². The third-order valence-electron chi connectivity index (χ3n) is 5.57. The average Bonchev–Trinajstić information content (AvgIpc) is 3.23. The molecule has 0 unspecified atom stereocenters. The number of ether oxygens (including phenoxy) is 1. The Balaban J connectivity index is 1.67. The van der Waals surface area contributed by atoms with E-state index in [2.05, 4.69) is 5.10 Å². The van der Waals surface area contributed by atoms with Gasteiger partial charge in [-0.25, -0.2) is 13.1 Å². The predicted octanol–water partition coefficient (Wildman–Crippen LogP) is 6.81. The van der Waals surface area contributed by atoms with Gasteiger partial charge in [0.15, 0.2) is 15.5 Å². The van der Waals surface area contributed by atoms with Crippen LogP contribution < -0.4 is 4.74 Å². The molecule has 10 heteroatoms. The van der Waals surface area contributed by atoms with Crippen molar-refractivity contribution in [3.05, 3.63) is 94.3 Å². The number of aromatic nitrogens is 2. The lowest BCUT2D eigenvalue weighted by Gasteiger charge is -2.16. The number of aryl methyl sites for hydroxylation is 2. The van der Waals surface area contributed by atoms with E-state index in [1.54, 1.807) is 36.4 Å². The standard InChI is InChI=1S/C26H22ClF3N2O3S/c1-16-11-19(18-7-6-8-21(13-18)36(3,33)34)12-17(2)25(16)35-15-20-14-24(26(28,29)30)31-32(20)23-10-5-4-9-22(23)27/h4-14H,15H2,1-3H3. The van der Waals surface area contributed by atoms with Gasteiger partial charge in [0.2, 0.25) is 0 Å². The molecule has 0 bridgehead atoms. The maximum absolute atomic E-state index is 13.4. The van der Waals surface area contributed by atoms with Crippen LogP contribution in [0, 0.1) is 13.8 Å². The molecule has 0 saturated heterocycles. The summed E-state index contributed by atoms with van der Waals surface area (Å²) in [4.78, 5) is 0.212. The third-order valence-corrected chi connectivity index (χ3v) is 7.00. The fourth-order valence-corrected chi connectivity index (χ4v) is 4.77. The molecule has 4 aromatic rings. The normalized spacial score (nSPS) is 12.1. The summed E-state index contributed by atoms with van der Waals surface area (Å²) >= 11 is 6.22. The van der Waals surface area contributed by atoms with E-state index < -0.39 is 21.7 Å². The van der Waals surface area contributed by atoms with Crippen LogP contribution >= 0.6 is 11.6 Å². The molecule has 0 atom stereocenters. The Labute approximate surface area is 212 Å². The van der Waals surface area contributed by atoms with Crippen molar-refractivity contribution in [1.29, 1.82) is 0 Å². The summed E-state index contributed by atoms with van der Waals surface area (Å²) in [5.41, 5.74) is 2.45. The largest absolute Gasteiger partial charge is 0.487 e. The topological polar surface area (TPSA) is 61.2 Å². The van der Waals surface area contributed by atoms with Crippen LogP contribution in [0.3, 0.4) is 0 Å². The molecule has 1 aromatic heterocycles. The van der Waals surface area contributed by atoms with E-state index in [0.29, 0.717) is 11.4 Å². The Bertz CT molecular complexity index is 1520. The molecular formula is C26H22ClF3N2O3S. The van der Waals surface area contributed by atoms with Crippen molar-refractivity contribution in [3.8, 4) is 22.6 Å². The Kier molecular flexibility index (Phi) is 6.90. The average molecular weight is 535 g/mol. The van der Waals surface area contributed by atoms with Crippen LogP contribution in [0.2, 0.25) is 5.02 Å². The van der Waals surface area contributed by atoms with Gasteiger partial charge in [-0.15, -0.1) is 0 Å². The SMILES string of the molecule is Cc1cc(-c2cccc(S(C)(=O)=O)c2)cc(C)c1OCc1cc(C(F)(F)F)nn1-c1ccccc1Cl. The minimum Gasteiger partial charge on any atom is -0.487 e. The summed E-state index contributed by atoms with van der Waals surface area (Å²) in [5.74, 6) is 0.512. The molecule has 0 aliphatic heterocycles. The Hall–Kier alpha value is -3.30. The lowest BCUT2D eigenvalue weighted by molar-refractivity contribution is -0.141. The van der Waals surface area contributed by atoms with Crippen molar-refractivity contribution in [2.45, 2.75) is 31.5 Å². The zero-order chi connectivity index (χ0) is 26.3. The highest BCUT2D eigenvalue weighted by atomic mass is 35.5. The summed E-state index contributed by atoms with van der Waals surface area (Å²) in [6, 6.07) is 17.7. The molecule has 0 fully saturated rings. The lowest BCUT2D eigenvalue weighted by Crippen LogP contribution is -2.09. The fourth-order valence-electron chi connectivity index (χ4n) is 3.89. The van der Waals surface area contributed by atoms with Crippen LogP contribution in [0.25, 0.3) is 16.8 Å². The van der Waals surface area contributed by atoms with Gasteiger partial charge in [-0.1, -0.05) is 35.9 Å². The second-order valence-corrected chi connectivity index (χ2v) is 10.8. The number of alkyl halides is 3. The Morgan fingerprint density at radius 1 is 0.944 bits per heavy atom. The highest BCUT2D eigenvalue weighted by Gasteiger charge is 2.35. The van der Waals surface area contributed by atoms with E-state index in [9.17, 15) is 21.6 Å². The van der Waals surface area contributed by atoms with Gasteiger partial charge < -0.3 is 4.74 Å². The van der Waals surface area contributed by atoms with Crippen LogP contribution in [0.15, 0.2) is 71.6 Å². The Morgan fingerprint density at radius 3 is 2.22 bits per heavy atom. The highest BCUT2D eigenvalue weighted by Crippen LogP contribution is 2.34. The molecular weight excluding hydrogens is 513 g/mol. The van der Waals surface area contributed by atoms with Crippen LogP contribution in [-0.2, 0) is 22.6 Å². The molecule has 5 nitrogen and oxygen atoms in total. The van der Waals surface area contributed by atoms with Gasteiger partial charge in [0.1, 0.15) is 12.4 Å². The maximum Gasteiger partial charge on any atom is 0.435 e. The first kappa shape index (κ1) is 25.8. The van der Waals surface area contributed by atoms with Gasteiger partial charge in [0, 0.05) is 6.26 Å². The minimum absolute atomic E-state index is 0.180. The third kappa shape index (κ3) is 5.42. The quantitative estimate of drug-likeness (QED) is 0.272. The molecule has 4 rings (SSSR count). The van der Waals surface area contributed by atoms with E-state index in [4.69, 9.17) is 16.3 Å². The van der Waals surface area contributed by atoms with Crippen molar-refractivity contribution in [2.24, 2.45) is 0 Å². The highest BCUT2D eigenvalue weighted by molar-refractivity contribution is 7.90. The second-order valence-electron chi connectivity index (χ2n) is 8.41. The molecule has 1 heterocycles. The molecule has 0 N–H and O–H groups in total. The molecule has 188 valence electrons. The molecule has 36 heavy (non-hydrogen) atoms. The number of benzene rings is 3. The van der Waals surface area contributed by atoms with Crippen molar-refractivity contribution in [2.75, 3.05) is 6.26 Å². The molecule has 0 radical (unpaired) electrons. The molecule has 0 aliphatic rings. The summed E-state index contributed by atoms with van der Waals surface area (Å²) < 4.78 is 71.2. The van der Waals surface area contributed by atoms with Gasteiger partial charge in [-0.05, 0) is 78.6 Å². The molecule has 0 aliphatic carbocycles. The summed E-state index contributed by atoms with van der Waals surface area (Å²) in [5, 5.41) is 3.98. The van der Waals surface area contributed by atoms with Gasteiger partial charge in [-0.3, -0.25) is 0 Å². The summed E-state index contributed by atoms with van der Waals surface area (Å²) in [6.45, 7) is 3.45. The predicted molar refractivity (Wildman–Crippen MR) is 132 cm³/mol. The van der Waals surface area contributed by atoms with Gasteiger partial charge >= 0.3 is 6.18 Å². The van der Waals surface area contributed by atoms with Crippen LogP contribution in [-0.4, -0.2) is 24.5 Å².